The molecule has 10 nitrogen and oxygen atoms in total. The molecule has 2 amide bonds. The number of ether oxygens (including phenoxy) is 1. The van der Waals surface area contributed by atoms with Crippen LogP contribution in [0, 0.1) is 12.3 Å². The van der Waals surface area contributed by atoms with Gasteiger partial charge in [-0.1, -0.05) is 24.3 Å². The maximum absolute atomic E-state index is 14.0. The molecule has 1 aliphatic carbocycles. The number of benzene rings is 1. The van der Waals surface area contributed by atoms with Crippen LogP contribution in [0.3, 0.4) is 0 Å². The van der Waals surface area contributed by atoms with Gasteiger partial charge in [0, 0.05) is 32.5 Å². The average molecular weight is 560 g/mol. The van der Waals surface area contributed by atoms with E-state index in [4.69, 9.17) is 10.1 Å². The molecule has 0 unspecified atom stereocenters. The lowest BCUT2D eigenvalue weighted by Crippen LogP contribution is -2.41. The highest BCUT2D eigenvalue weighted by Crippen LogP contribution is 2.33. The Morgan fingerprint density at radius 2 is 1.95 bits per heavy atom. The van der Waals surface area contributed by atoms with Crippen molar-refractivity contribution >= 4 is 29.7 Å². The van der Waals surface area contributed by atoms with Crippen molar-refractivity contribution < 1.29 is 27.5 Å². The largest absolute Gasteiger partial charge is 0.419 e. The van der Waals surface area contributed by atoms with Crippen LogP contribution in [0.15, 0.2) is 52.8 Å². The molecule has 1 aromatic carbocycles. The zero-order chi connectivity index (χ0) is 29.4. The van der Waals surface area contributed by atoms with Crippen molar-refractivity contribution in [1.29, 1.82) is 5.41 Å². The van der Waals surface area contributed by atoms with Crippen LogP contribution < -0.4 is 21.3 Å². The molecule has 0 fully saturated rings. The fourth-order valence-electron chi connectivity index (χ4n) is 4.32. The molecule has 0 radical (unpaired) electrons. The summed E-state index contributed by atoms with van der Waals surface area (Å²) in [5.74, 6) is -1.26. The molecule has 1 aromatic heterocycles. The van der Waals surface area contributed by atoms with E-state index in [1.807, 2.05) is 24.3 Å². The van der Waals surface area contributed by atoms with Crippen LogP contribution in [0.2, 0.25) is 0 Å². The summed E-state index contributed by atoms with van der Waals surface area (Å²) in [6.45, 7) is 4.94. The summed E-state index contributed by atoms with van der Waals surface area (Å²) in [7, 11) is 1.51. The number of nitrogens with zero attached hydrogens (tertiary/aromatic N) is 2. The number of methoxy groups -OCH3 is 1. The van der Waals surface area contributed by atoms with Gasteiger partial charge in [-0.25, -0.2) is 9.98 Å². The molecule has 5 N–H and O–H groups in total. The van der Waals surface area contributed by atoms with E-state index in [2.05, 4.69) is 31.2 Å². The third-order valence-electron chi connectivity index (χ3n) is 6.21. The second kappa shape index (κ2) is 13.2. The van der Waals surface area contributed by atoms with E-state index < -0.39 is 35.7 Å². The van der Waals surface area contributed by atoms with Crippen molar-refractivity contribution in [3.8, 4) is 0 Å². The molecule has 40 heavy (non-hydrogen) atoms. The van der Waals surface area contributed by atoms with Gasteiger partial charge in [0.2, 0.25) is 11.9 Å². The summed E-state index contributed by atoms with van der Waals surface area (Å²) in [6.07, 6.45) is -2.46. The molecule has 0 saturated carbocycles. The minimum atomic E-state index is -4.76. The van der Waals surface area contributed by atoms with E-state index in [1.54, 1.807) is 6.92 Å². The van der Waals surface area contributed by atoms with Gasteiger partial charge in [0.15, 0.2) is 0 Å². The minimum absolute atomic E-state index is 0.143. The van der Waals surface area contributed by atoms with Crippen molar-refractivity contribution in [2.24, 2.45) is 4.99 Å². The van der Waals surface area contributed by atoms with E-state index in [0.29, 0.717) is 37.0 Å². The first-order valence-electron chi connectivity index (χ1n) is 12.4. The molecule has 1 aliphatic rings. The SMILES string of the molecule is COCCNC(=O)c1cc(C)c(NC(=N)/N=C\C(=C(/C)N[C@@H]2Cc3ccccc3[C@H]2NC(C)=O)C(F)(F)F)cn1. The fraction of sp³-hybridized carbons (Fsp3) is 0.370. The minimum Gasteiger partial charge on any atom is -0.383 e. The number of guanidine groups is 1. The van der Waals surface area contributed by atoms with Crippen molar-refractivity contribution in [2.45, 2.75) is 45.5 Å². The number of nitrogens with one attached hydrogen (secondary N) is 5. The second-order valence-corrected chi connectivity index (χ2v) is 9.23. The molecule has 1 heterocycles. The first-order valence-corrected chi connectivity index (χ1v) is 12.4. The third-order valence-corrected chi connectivity index (χ3v) is 6.21. The topological polar surface area (TPSA) is 141 Å². The fourth-order valence-corrected chi connectivity index (χ4v) is 4.32. The van der Waals surface area contributed by atoms with Crippen molar-refractivity contribution in [2.75, 3.05) is 25.6 Å². The van der Waals surface area contributed by atoms with Gasteiger partial charge in [-0.05, 0) is 43.0 Å². The molecule has 3 rings (SSSR count). The monoisotopic (exact) mass is 559 g/mol. The first kappa shape index (κ1) is 30.3. The smallest absolute Gasteiger partial charge is 0.383 e. The number of pyridine rings is 1. The van der Waals surface area contributed by atoms with Gasteiger partial charge in [0.05, 0.1) is 36.1 Å². The Kier molecular flexibility index (Phi) is 9.99. The maximum Gasteiger partial charge on any atom is 0.419 e. The van der Waals surface area contributed by atoms with Crippen LogP contribution in [0.5, 0.6) is 0 Å². The predicted octanol–water partition coefficient (Wildman–Crippen LogP) is 3.41. The average Bonchev–Trinajstić information content (AvgIpc) is 3.20. The molecule has 2 aromatic rings. The summed E-state index contributed by atoms with van der Waals surface area (Å²) in [6, 6.07) is 7.84. The first-order chi connectivity index (χ1) is 18.9. The van der Waals surface area contributed by atoms with E-state index in [0.717, 1.165) is 11.1 Å². The molecule has 2 atom stereocenters. The zero-order valence-corrected chi connectivity index (χ0v) is 22.6. The lowest BCUT2D eigenvalue weighted by molar-refractivity contribution is -0.119. The molecule has 13 heteroatoms. The molecule has 0 saturated heterocycles. The van der Waals surface area contributed by atoms with Gasteiger partial charge in [-0.15, -0.1) is 0 Å². The number of aliphatic imine (C=N–C) groups is 1. The quantitative estimate of drug-likeness (QED) is 0.181. The summed E-state index contributed by atoms with van der Waals surface area (Å²) in [5, 5.41) is 19.0. The van der Waals surface area contributed by atoms with Gasteiger partial charge in [-0.2, -0.15) is 13.2 Å². The lowest BCUT2D eigenvalue weighted by Gasteiger charge is -2.25. The summed E-state index contributed by atoms with van der Waals surface area (Å²) in [5.41, 5.74) is 1.52. The number of carbonyl (C=O) groups is 2. The van der Waals surface area contributed by atoms with Gasteiger partial charge < -0.3 is 26.0 Å². The second-order valence-electron chi connectivity index (χ2n) is 9.23. The van der Waals surface area contributed by atoms with E-state index in [1.165, 1.54) is 33.2 Å². The van der Waals surface area contributed by atoms with Crippen LogP contribution >= 0.6 is 0 Å². The predicted molar refractivity (Wildman–Crippen MR) is 145 cm³/mol. The Bertz CT molecular complexity index is 1320. The number of carbonyl (C=O) groups excluding carboxylic acids is 2. The number of aromatic nitrogens is 1. The molecule has 0 spiro atoms. The Hall–Kier alpha value is -4.26. The maximum atomic E-state index is 14.0. The number of anilines is 1. The van der Waals surface area contributed by atoms with Crippen LogP contribution in [-0.4, -0.2) is 61.5 Å². The molecular weight excluding hydrogens is 527 g/mol. The third kappa shape index (κ3) is 7.88. The Morgan fingerprint density at radius 3 is 2.60 bits per heavy atom. The van der Waals surface area contributed by atoms with Crippen molar-refractivity contribution in [3.63, 3.8) is 0 Å². The molecular formula is C27H32F3N7O3. The van der Waals surface area contributed by atoms with E-state index >= 15 is 0 Å². The summed E-state index contributed by atoms with van der Waals surface area (Å²) >= 11 is 0. The number of hydrogen-bond donors (Lipinski definition) is 5. The molecule has 0 aliphatic heterocycles. The number of halogens is 3. The van der Waals surface area contributed by atoms with E-state index in [9.17, 15) is 22.8 Å². The molecule has 214 valence electrons. The Balaban J connectivity index is 1.74. The van der Waals surface area contributed by atoms with Gasteiger partial charge in [0.1, 0.15) is 5.69 Å². The van der Waals surface area contributed by atoms with Crippen LogP contribution in [0.25, 0.3) is 0 Å². The molecule has 0 bridgehead atoms. The van der Waals surface area contributed by atoms with Crippen LogP contribution in [-0.2, 0) is 16.0 Å². The summed E-state index contributed by atoms with van der Waals surface area (Å²) in [4.78, 5) is 31.6. The Morgan fingerprint density at radius 1 is 1.23 bits per heavy atom. The highest BCUT2D eigenvalue weighted by Gasteiger charge is 2.37. The highest BCUT2D eigenvalue weighted by molar-refractivity contribution is 6.00. The van der Waals surface area contributed by atoms with Crippen LogP contribution in [0.1, 0.15) is 47.1 Å². The lowest BCUT2D eigenvalue weighted by atomic mass is 10.1. The van der Waals surface area contributed by atoms with Gasteiger partial charge in [-0.3, -0.25) is 15.0 Å². The van der Waals surface area contributed by atoms with Crippen molar-refractivity contribution in [3.05, 3.63) is 70.2 Å². The normalized spacial score (nSPS) is 17.2. The number of fused-ring (bicyclic) bond motifs is 1. The number of alkyl halides is 3. The Labute approximate surface area is 230 Å². The zero-order valence-electron chi connectivity index (χ0n) is 22.6. The van der Waals surface area contributed by atoms with Crippen LogP contribution in [0.4, 0.5) is 18.9 Å². The van der Waals surface area contributed by atoms with E-state index in [-0.39, 0.29) is 17.3 Å². The van der Waals surface area contributed by atoms with Gasteiger partial charge >= 0.3 is 6.18 Å². The number of hydrogen-bond acceptors (Lipinski definition) is 6. The highest BCUT2D eigenvalue weighted by atomic mass is 19.4. The summed E-state index contributed by atoms with van der Waals surface area (Å²) < 4.78 is 46.8. The number of amides is 2. The number of rotatable bonds is 9. The van der Waals surface area contributed by atoms with Gasteiger partial charge in [0.25, 0.3) is 5.91 Å². The standard InChI is InChI=1S/C27H32F3N7O3/c1-15-11-22(25(39)32-9-10-40-4)33-14-23(15)37-26(31)34-13-20(27(28,29)30)16(2)35-21-12-18-7-5-6-8-19(18)24(21)36-17(3)38/h5-8,11,13-14,21,24,35H,9-10,12H2,1-4H3,(H2,31,37)(H,32,39)(H,36,38)/b20-16-,34-13-/t21-,24-/m1/s1. The number of aryl methyl sites for hydroxylation is 1. The number of allylic oxidation sites excluding steroid dienone is 2. The van der Waals surface area contributed by atoms with Crippen molar-refractivity contribution in [1.82, 2.24) is 20.9 Å².